The van der Waals surface area contributed by atoms with E-state index in [9.17, 15) is 4.79 Å². The number of hydrogen-bond donors (Lipinski definition) is 0. The van der Waals surface area contributed by atoms with Crippen LogP contribution in [0.2, 0.25) is 0 Å². The number of hydrogen-bond acceptors (Lipinski definition) is 5. The van der Waals surface area contributed by atoms with Crippen LogP contribution >= 0.6 is 22.7 Å². The van der Waals surface area contributed by atoms with Crippen LogP contribution < -0.4 is 4.90 Å². The average Bonchev–Trinajstić information content (AvgIpc) is 2.87. The van der Waals surface area contributed by atoms with Gasteiger partial charge in [0, 0.05) is 13.1 Å². The summed E-state index contributed by atoms with van der Waals surface area (Å²) in [5, 5.41) is 1.12. The van der Waals surface area contributed by atoms with Crippen molar-refractivity contribution in [3.05, 3.63) is 10.9 Å². The highest BCUT2D eigenvalue weighted by Crippen LogP contribution is 2.35. The monoisotopic (exact) mass is 252 g/mol. The van der Waals surface area contributed by atoms with Crippen LogP contribution in [0, 0.1) is 0 Å². The fourth-order valence-electron chi connectivity index (χ4n) is 2.02. The minimum atomic E-state index is 0.777. The molecule has 84 valence electrons. The molecule has 2 aromatic rings. The maximum Gasteiger partial charge on any atom is 0.187 e. The molecular formula is C11H12N2OS2. The lowest BCUT2D eigenvalue weighted by molar-refractivity contribution is 0.112. The Bertz CT molecular complexity index is 480. The lowest BCUT2D eigenvalue weighted by Crippen LogP contribution is -2.29. The predicted octanol–water partition coefficient (Wildman–Crippen LogP) is 3.16. The Labute approximate surface area is 102 Å². The van der Waals surface area contributed by atoms with Gasteiger partial charge in [-0.05, 0) is 25.3 Å². The van der Waals surface area contributed by atoms with Crippen molar-refractivity contribution in [3.63, 3.8) is 0 Å². The van der Waals surface area contributed by atoms with Crippen LogP contribution in [0.4, 0.5) is 5.13 Å². The first-order valence-corrected chi connectivity index (χ1v) is 7.10. The first-order valence-electron chi connectivity index (χ1n) is 5.47. The zero-order valence-electron chi connectivity index (χ0n) is 8.81. The van der Waals surface area contributed by atoms with Gasteiger partial charge in [-0.1, -0.05) is 11.3 Å². The number of carbonyl (C=O) groups excluding carboxylic acids is 1. The van der Waals surface area contributed by atoms with Crippen molar-refractivity contribution in [2.75, 3.05) is 18.0 Å². The number of fused-ring (bicyclic) bond motifs is 1. The topological polar surface area (TPSA) is 33.2 Å². The lowest BCUT2D eigenvalue weighted by atomic mass is 10.1. The zero-order chi connectivity index (χ0) is 11.0. The van der Waals surface area contributed by atoms with E-state index in [4.69, 9.17) is 0 Å². The van der Waals surface area contributed by atoms with E-state index in [0.717, 1.165) is 34.9 Å². The summed E-state index contributed by atoms with van der Waals surface area (Å²) in [4.78, 5) is 18.4. The van der Waals surface area contributed by atoms with Crippen molar-refractivity contribution >= 4 is 43.6 Å². The summed E-state index contributed by atoms with van der Waals surface area (Å²) in [6.45, 7) is 2.25. The summed E-state index contributed by atoms with van der Waals surface area (Å²) >= 11 is 3.26. The van der Waals surface area contributed by atoms with Gasteiger partial charge in [0.25, 0.3) is 0 Å². The van der Waals surface area contributed by atoms with E-state index in [1.54, 1.807) is 22.7 Å². The number of carbonyl (C=O) groups is 1. The first kappa shape index (κ1) is 10.2. The van der Waals surface area contributed by atoms with Crippen LogP contribution in [0.5, 0.6) is 0 Å². The van der Waals surface area contributed by atoms with Gasteiger partial charge in [0.1, 0.15) is 4.01 Å². The van der Waals surface area contributed by atoms with Gasteiger partial charge in [0.05, 0.1) is 10.4 Å². The molecule has 3 nitrogen and oxygen atoms in total. The molecule has 0 N–H and O–H groups in total. The van der Waals surface area contributed by atoms with E-state index < -0.39 is 0 Å². The van der Waals surface area contributed by atoms with Crippen LogP contribution in [0.3, 0.4) is 0 Å². The average molecular weight is 252 g/mol. The van der Waals surface area contributed by atoms with Crippen LogP contribution in [-0.4, -0.2) is 24.4 Å². The van der Waals surface area contributed by atoms with Gasteiger partial charge in [-0.15, -0.1) is 11.3 Å². The van der Waals surface area contributed by atoms with Crippen molar-refractivity contribution in [3.8, 4) is 0 Å². The largest absolute Gasteiger partial charge is 0.348 e. The second kappa shape index (κ2) is 4.14. The maximum atomic E-state index is 10.6. The summed E-state index contributed by atoms with van der Waals surface area (Å²) in [6, 6.07) is 1.89. The molecule has 2 aromatic heterocycles. The molecule has 0 bridgehead atoms. The minimum Gasteiger partial charge on any atom is -0.348 e. The Hall–Kier alpha value is -0.940. The fourth-order valence-corrected chi connectivity index (χ4v) is 4.17. The van der Waals surface area contributed by atoms with Crippen LogP contribution in [-0.2, 0) is 0 Å². The van der Waals surface area contributed by atoms with Crippen molar-refractivity contribution in [1.82, 2.24) is 4.98 Å². The molecule has 0 unspecified atom stereocenters. The molecule has 3 heterocycles. The highest BCUT2D eigenvalue weighted by Gasteiger charge is 2.16. The van der Waals surface area contributed by atoms with E-state index in [1.807, 2.05) is 6.07 Å². The molecule has 0 radical (unpaired) electrons. The Balaban J connectivity index is 1.92. The first-order chi connectivity index (χ1) is 7.86. The number of nitrogens with zero attached hydrogens (tertiary/aromatic N) is 2. The molecule has 0 aliphatic carbocycles. The molecule has 5 heteroatoms. The van der Waals surface area contributed by atoms with Crippen molar-refractivity contribution in [2.45, 2.75) is 19.3 Å². The SMILES string of the molecule is O=Cc1cc2nc(N3CCCCC3)sc2s1. The molecular weight excluding hydrogens is 240 g/mol. The summed E-state index contributed by atoms with van der Waals surface area (Å²) in [6.07, 6.45) is 4.78. The van der Waals surface area contributed by atoms with E-state index in [1.165, 1.54) is 23.3 Å². The minimum absolute atomic E-state index is 0.777. The number of thiophene rings is 1. The second-order valence-electron chi connectivity index (χ2n) is 3.98. The van der Waals surface area contributed by atoms with Crippen molar-refractivity contribution < 1.29 is 4.79 Å². The molecule has 1 aliphatic heterocycles. The molecule has 1 aliphatic rings. The summed E-state index contributed by atoms with van der Waals surface area (Å²) < 4.78 is 1.17. The molecule has 0 amide bonds. The molecule has 0 atom stereocenters. The Kier molecular flexibility index (Phi) is 2.65. The maximum absolute atomic E-state index is 10.6. The number of thiazole rings is 1. The van der Waals surface area contributed by atoms with Gasteiger partial charge in [-0.25, -0.2) is 4.98 Å². The van der Waals surface area contributed by atoms with E-state index in [2.05, 4.69) is 9.88 Å². The predicted molar refractivity (Wildman–Crippen MR) is 68.9 cm³/mol. The second-order valence-corrected chi connectivity index (χ2v) is 6.30. The summed E-state index contributed by atoms with van der Waals surface area (Å²) in [5.74, 6) is 0. The van der Waals surface area contributed by atoms with Crippen LogP contribution in [0.1, 0.15) is 28.9 Å². The molecule has 1 saturated heterocycles. The molecule has 16 heavy (non-hydrogen) atoms. The normalized spacial score (nSPS) is 16.9. The third kappa shape index (κ3) is 1.74. The quantitative estimate of drug-likeness (QED) is 0.770. The number of rotatable bonds is 2. The number of anilines is 1. The van der Waals surface area contributed by atoms with Crippen LogP contribution in [0.15, 0.2) is 6.07 Å². The van der Waals surface area contributed by atoms with Gasteiger partial charge in [-0.3, -0.25) is 4.79 Å². The third-order valence-corrected chi connectivity index (χ3v) is 5.11. The fraction of sp³-hybridized carbons (Fsp3) is 0.455. The summed E-state index contributed by atoms with van der Waals surface area (Å²) in [7, 11) is 0. The van der Waals surface area contributed by atoms with E-state index >= 15 is 0 Å². The smallest absolute Gasteiger partial charge is 0.187 e. The molecule has 0 saturated carbocycles. The van der Waals surface area contributed by atoms with E-state index in [-0.39, 0.29) is 0 Å². The van der Waals surface area contributed by atoms with Gasteiger partial charge in [0.2, 0.25) is 0 Å². The zero-order valence-corrected chi connectivity index (χ0v) is 10.4. The highest BCUT2D eigenvalue weighted by molar-refractivity contribution is 7.40. The Morgan fingerprint density at radius 2 is 2.06 bits per heavy atom. The standard InChI is InChI=1S/C11H12N2OS2/c14-7-8-6-9-10(15-8)16-11(12-9)13-4-2-1-3-5-13/h6-7H,1-5H2. The number of aromatic nitrogens is 1. The Morgan fingerprint density at radius 1 is 1.25 bits per heavy atom. The Morgan fingerprint density at radius 3 is 2.75 bits per heavy atom. The number of aldehydes is 1. The molecule has 3 rings (SSSR count). The van der Waals surface area contributed by atoms with Crippen LogP contribution in [0.25, 0.3) is 9.53 Å². The third-order valence-electron chi connectivity index (χ3n) is 2.84. The van der Waals surface area contributed by atoms with Gasteiger partial charge >= 0.3 is 0 Å². The molecule has 0 aromatic carbocycles. The summed E-state index contributed by atoms with van der Waals surface area (Å²) in [5.41, 5.74) is 0.984. The lowest BCUT2D eigenvalue weighted by Gasteiger charge is -2.25. The molecule has 1 fully saturated rings. The highest BCUT2D eigenvalue weighted by atomic mass is 32.2. The van der Waals surface area contributed by atoms with Gasteiger partial charge < -0.3 is 4.90 Å². The molecule has 0 spiro atoms. The van der Waals surface area contributed by atoms with E-state index in [0.29, 0.717) is 0 Å². The number of piperidine rings is 1. The van der Waals surface area contributed by atoms with Gasteiger partial charge in [0.15, 0.2) is 11.4 Å². The van der Waals surface area contributed by atoms with Gasteiger partial charge in [-0.2, -0.15) is 0 Å². The van der Waals surface area contributed by atoms with Crippen molar-refractivity contribution in [1.29, 1.82) is 0 Å². The van der Waals surface area contributed by atoms with Crippen molar-refractivity contribution in [2.24, 2.45) is 0 Å².